The van der Waals surface area contributed by atoms with E-state index in [4.69, 9.17) is 0 Å². The van der Waals surface area contributed by atoms with Gasteiger partial charge in [0.2, 0.25) is 0 Å². The van der Waals surface area contributed by atoms with E-state index in [1.165, 1.54) is 5.56 Å². The maximum absolute atomic E-state index is 10.3. The van der Waals surface area contributed by atoms with E-state index >= 15 is 0 Å². The van der Waals surface area contributed by atoms with Gasteiger partial charge in [-0.1, -0.05) is 31.2 Å². The second kappa shape index (κ2) is 5.15. The highest BCUT2D eigenvalue weighted by Gasteiger charge is 2.11. The lowest BCUT2D eigenvalue weighted by Gasteiger charge is -2.09. The van der Waals surface area contributed by atoms with Gasteiger partial charge in [-0.15, -0.1) is 11.3 Å². The molecule has 0 aliphatic heterocycles. The standard InChI is InChI=1S/C15H16N2OS/c1-2-11-3-5-12(6-4-11)14(18)9-13-10-17-7-8-19-15(17)16-13/h3-8,10,14,18H,2,9H2,1H3. The van der Waals surface area contributed by atoms with E-state index in [1.807, 2.05) is 34.3 Å². The Labute approximate surface area is 116 Å². The van der Waals surface area contributed by atoms with Crippen LogP contribution in [0, 0.1) is 0 Å². The number of nitrogens with zero attached hydrogens (tertiary/aromatic N) is 2. The van der Waals surface area contributed by atoms with Crippen molar-refractivity contribution in [1.29, 1.82) is 0 Å². The first-order valence-electron chi connectivity index (χ1n) is 6.44. The molecule has 1 unspecified atom stereocenters. The highest BCUT2D eigenvalue weighted by Crippen LogP contribution is 2.20. The van der Waals surface area contributed by atoms with Crippen molar-refractivity contribution >= 4 is 16.3 Å². The van der Waals surface area contributed by atoms with Crippen molar-refractivity contribution in [2.24, 2.45) is 0 Å². The summed E-state index contributed by atoms with van der Waals surface area (Å²) in [5.74, 6) is 0. The Morgan fingerprint density at radius 2 is 2.11 bits per heavy atom. The van der Waals surface area contributed by atoms with Crippen LogP contribution in [0.2, 0.25) is 0 Å². The fourth-order valence-corrected chi connectivity index (χ4v) is 2.88. The Balaban J connectivity index is 1.76. The molecule has 0 aliphatic rings. The molecule has 19 heavy (non-hydrogen) atoms. The first kappa shape index (κ1) is 12.4. The van der Waals surface area contributed by atoms with Gasteiger partial charge in [0.1, 0.15) is 0 Å². The van der Waals surface area contributed by atoms with E-state index in [-0.39, 0.29) is 0 Å². The summed E-state index contributed by atoms with van der Waals surface area (Å²) in [6, 6.07) is 8.15. The van der Waals surface area contributed by atoms with E-state index < -0.39 is 6.10 Å². The summed E-state index contributed by atoms with van der Waals surface area (Å²) < 4.78 is 1.99. The lowest BCUT2D eigenvalue weighted by molar-refractivity contribution is 0.177. The molecule has 0 radical (unpaired) electrons. The molecule has 2 aromatic heterocycles. The van der Waals surface area contributed by atoms with Crippen LogP contribution in [-0.4, -0.2) is 14.5 Å². The van der Waals surface area contributed by atoms with Crippen molar-refractivity contribution in [3.05, 3.63) is 58.9 Å². The number of fused-ring (bicyclic) bond motifs is 1. The minimum atomic E-state index is -0.490. The minimum Gasteiger partial charge on any atom is -0.388 e. The van der Waals surface area contributed by atoms with E-state index in [1.54, 1.807) is 11.3 Å². The smallest absolute Gasteiger partial charge is 0.193 e. The monoisotopic (exact) mass is 272 g/mol. The van der Waals surface area contributed by atoms with E-state index in [0.717, 1.165) is 22.6 Å². The number of hydrogen-bond donors (Lipinski definition) is 1. The summed E-state index contributed by atoms with van der Waals surface area (Å²) >= 11 is 1.61. The molecule has 3 rings (SSSR count). The number of aromatic nitrogens is 2. The Morgan fingerprint density at radius 1 is 1.32 bits per heavy atom. The molecule has 0 spiro atoms. The molecule has 2 heterocycles. The van der Waals surface area contributed by atoms with Crippen molar-refractivity contribution in [3.8, 4) is 0 Å². The van der Waals surface area contributed by atoms with E-state index in [0.29, 0.717) is 6.42 Å². The fourth-order valence-electron chi connectivity index (χ4n) is 2.17. The predicted octanol–water partition coefficient (Wildman–Crippen LogP) is 3.23. The number of hydrogen-bond acceptors (Lipinski definition) is 3. The van der Waals surface area contributed by atoms with Gasteiger partial charge in [-0.25, -0.2) is 4.98 Å². The number of aliphatic hydroxyl groups excluding tert-OH is 1. The molecular formula is C15H16N2OS. The second-order valence-electron chi connectivity index (χ2n) is 4.64. The number of aliphatic hydroxyl groups is 1. The van der Waals surface area contributed by atoms with Crippen LogP contribution < -0.4 is 0 Å². The maximum atomic E-state index is 10.3. The van der Waals surface area contributed by atoms with Crippen LogP contribution in [0.15, 0.2) is 42.0 Å². The number of aryl methyl sites for hydroxylation is 1. The maximum Gasteiger partial charge on any atom is 0.193 e. The summed E-state index contributed by atoms with van der Waals surface area (Å²) in [4.78, 5) is 5.47. The van der Waals surface area contributed by atoms with Gasteiger partial charge in [0, 0.05) is 24.2 Å². The quantitative estimate of drug-likeness (QED) is 0.791. The highest BCUT2D eigenvalue weighted by molar-refractivity contribution is 7.15. The molecule has 1 N–H and O–H groups in total. The SMILES string of the molecule is CCc1ccc(C(O)Cc2cn3ccsc3n2)cc1. The van der Waals surface area contributed by atoms with Crippen LogP contribution in [0.5, 0.6) is 0 Å². The topological polar surface area (TPSA) is 37.5 Å². The summed E-state index contributed by atoms with van der Waals surface area (Å²) in [6.45, 7) is 2.13. The zero-order chi connectivity index (χ0) is 13.2. The summed E-state index contributed by atoms with van der Waals surface area (Å²) in [5.41, 5.74) is 3.17. The average molecular weight is 272 g/mol. The second-order valence-corrected chi connectivity index (χ2v) is 5.51. The van der Waals surface area contributed by atoms with Crippen molar-refractivity contribution in [1.82, 2.24) is 9.38 Å². The van der Waals surface area contributed by atoms with Crippen molar-refractivity contribution in [3.63, 3.8) is 0 Å². The third kappa shape index (κ3) is 2.55. The lowest BCUT2D eigenvalue weighted by Crippen LogP contribution is -2.02. The van der Waals surface area contributed by atoms with Crippen LogP contribution in [0.3, 0.4) is 0 Å². The Kier molecular flexibility index (Phi) is 3.36. The predicted molar refractivity (Wildman–Crippen MR) is 77.6 cm³/mol. The summed E-state index contributed by atoms with van der Waals surface area (Å²) in [6.07, 6.45) is 5.05. The van der Waals surface area contributed by atoms with Crippen LogP contribution in [0.25, 0.3) is 4.96 Å². The third-order valence-corrected chi connectivity index (χ3v) is 4.09. The minimum absolute atomic E-state index is 0.490. The summed E-state index contributed by atoms with van der Waals surface area (Å²) in [5, 5.41) is 12.3. The van der Waals surface area contributed by atoms with E-state index in [2.05, 4.69) is 24.0 Å². The van der Waals surface area contributed by atoms with Crippen LogP contribution in [0.1, 0.15) is 29.8 Å². The molecule has 0 bridgehead atoms. The first-order chi connectivity index (χ1) is 9.26. The molecule has 1 atom stereocenters. The average Bonchev–Trinajstić information content (AvgIpc) is 2.99. The molecule has 98 valence electrons. The molecule has 4 heteroatoms. The molecule has 0 fully saturated rings. The van der Waals surface area contributed by atoms with Crippen LogP contribution in [-0.2, 0) is 12.8 Å². The zero-order valence-electron chi connectivity index (χ0n) is 10.8. The Bertz CT molecular complexity index is 640. The fraction of sp³-hybridized carbons (Fsp3) is 0.267. The molecule has 0 aliphatic carbocycles. The van der Waals surface area contributed by atoms with Crippen LogP contribution in [0.4, 0.5) is 0 Å². The van der Waals surface area contributed by atoms with Gasteiger partial charge in [0.05, 0.1) is 11.8 Å². The molecular weight excluding hydrogens is 256 g/mol. The van der Waals surface area contributed by atoms with Gasteiger partial charge in [0.15, 0.2) is 4.96 Å². The molecule has 0 saturated carbocycles. The van der Waals surface area contributed by atoms with Gasteiger partial charge in [-0.2, -0.15) is 0 Å². The zero-order valence-corrected chi connectivity index (χ0v) is 11.6. The summed E-state index contributed by atoms with van der Waals surface area (Å²) in [7, 11) is 0. The third-order valence-electron chi connectivity index (χ3n) is 3.32. The van der Waals surface area contributed by atoms with Crippen LogP contribution >= 0.6 is 11.3 Å². The first-order valence-corrected chi connectivity index (χ1v) is 7.32. The van der Waals surface area contributed by atoms with Crippen molar-refractivity contribution in [2.75, 3.05) is 0 Å². The number of imidazole rings is 1. The number of benzene rings is 1. The Morgan fingerprint density at radius 3 is 2.79 bits per heavy atom. The van der Waals surface area contributed by atoms with E-state index in [9.17, 15) is 5.11 Å². The molecule has 0 amide bonds. The number of thiazole rings is 1. The molecule has 1 aromatic carbocycles. The van der Waals surface area contributed by atoms with Gasteiger partial charge in [0.25, 0.3) is 0 Å². The lowest BCUT2D eigenvalue weighted by atomic mass is 10.0. The van der Waals surface area contributed by atoms with Crippen molar-refractivity contribution in [2.45, 2.75) is 25.9 Å². The van der Waals surface area contributed by atoms with Gasteiger partial charge >= 0.3 is 0 Å². The van der Waals surface area contributed by atoms with Gasteiger partial charge in [-0.05, 0) is 17.5 Å². The molecule has 3 aromatic rings. The molecule has 0 saturated heterocycles. The Hall–Kier alpha value is -1.65. The normalized spacial score (nSPS) is 12.9. The van der Waals surface area contributed by atoms with Crippen molar-refractivity contribution < 1.29 is 5.11 Å². The number of rotatable bonds is 4. The largest absolute Gasteiger partial charge is 0.388 e. The van der Waals surface area contributed by atoms with Gasteiger partial charge < -0.3 is 5.11 Å². The van der Waals surface area contributed by atoms with Gasteiger partial charge in [-0.3, -0.25) is 4.40 Å². The molecule has 3 nitrogen and oxygen atoms in total. The highest BCUT2D eigenvalue weighted by atomic mass is 32.1.